The van der Waals surface area contributed by atoms with Gasteiger partial charge < -0.3 is 14.0 Å². The van der Waals surface area contributed by atoms with Crippen molar-refractivity contribution in [2.75, 3.05) is 14.2 Å². The van der Waals surface area contributed by atoms with Crippen molar-refractivity contribution in [3.63, 3.8) is 0 Å². The maximum atomic E-state index is 12.4. The minimum atomic E-state index is -0.356. The van der Waals surface area contributed by atoms with Crippen molar-refractivity contribution >= 4 is 35.3 Å². The Morgan fingerprint density at radius 3 is 2.40 bits per heavy atom. The molecule has 0 fully saturated rings. The number of aryl methyl sites for hydroxylation is 1. The molecule has 3 aromatic rings. The van der Waals surface area contributed by atoms with Crippen LogP contribution in [-0.2, 0) is 0 Å². The Balaban J connectivity index is 1.78. The molecule has 2 aromatic carbocycles. The summed E-state index contributed by atoms with van der Waals surface area (Å²) in [7, 11) is 3.05. The number of rotatable bonds is 6. The standard InChI is InChI=1S/C22H21Cl2N3O3/c1-13-9-16(14(2)27(13)17-6-7-18(23)19(24)11-17)12-25-26-22(28)15-5-8-20(29-3)21(10-15)30-4/h5-12H,1-4H3,(H,26,28)/b25-12-. The van der Waals surface area contributed by atoms with Crippen molar-refractivity contribution in [2.24, 2.45) is 5.10 Å². The highest BCUT2D eigenvalue weighted by molar-refractivity contribution is 6.42. The highest BCUT2D eigenvalue weighted by Gasteiger charge is 2.12. The van der Waals surface area contributed by atoms with Gasteiger partial charge in [0, 0.05) is 28.2 Å². The van der Waals surface area contributed by atoms with E-state index in [1.165, 1.54) is 14.2 Å². The molecule has 0 aliphatic carbocycles. The lowest BCUT2D eigenvalue weighted by molar-refractivity contribution is 0.0954. The molecule has 0 atom stereocenters. The smallest absolute Gasteiger partial charge is 0.271 e. The molecule has 1 heterocycles. The van der Waals surface area contributed by atoms with Crippen LogP contribution in [0.4, 0.5) is 0 Å². The van der Waals surface area contributed by atoms with Crippen molar-refractivity contribution in [1.82, 2.24) is 9.99 Å². The van der Waals surface area contributed by atoms with E-state index < -0.39 is 0 Å². The van der Waals surface area contributed by atoms with E-state index in [0.29, 0.717) is 27.1 Å². The highest BCUT2D eigenvalue weighted by Crippen LogP contribution is 2.28. The van der Waals surface area contributed by atoms with Crippen LogP contribution in [0.5, 0.6) is 11.5 Å². The summed E-state index contributed by atoms with van der Waals surface area (Å²) < 4.78 is 12.5. The fourth-order valence-corrected chi connectivity index (χ4v) is 3.43. The molecule has 0 saturated carbocycles. The summed E-state index contributed by atoms with van der Waals surface area (Å²) in [4.78, 5) is 12.4. The minimum absolute atomic E-state index is 0.356. The number of hydrogen-bond donors (Lipinski definition) is 1. The predicted octanol–water partition coefficient (Wildman–Crippen LogP) is 5.18. The molecule has 1 amide bonds. The summed E-state index contributed by atoms with van der Waals surface area (Å²) in [6.07, 6.45) is 1.61. The van der Waals surface area contributed by atoms with Gasteiger partial charge in [-0.05, 0) is 56.3 Å². The Kier molecular flexibility index (Phi) is 6.70. The maximum absolute atomic E-state index is 12.4. The first-order chi connectivity index (χ1) is 14.3. The minimum Gasteiger partial charge on any atom is -0.493 e. The second-order valence-corrected chi connectivity index (χ2v) is 7.34. The van der Waals surface area contributed by atoms with Gasteiger partial charge >= 0.3 is 0 Å². The number of ether oxygens (including phenoxy) is 2. The first-order valence-corrected chi connectivity index (χ1v) is 9.81. The molecule has 0 spiro atoms. The van der Waals surface area contributed by atoms with Crippen LogP contribution in [0.1, 0.15) is 27.3 Å². The lowest BCUT2D eigenvalue weighted by atomic mass is 10.2. The van der Waals surface area contributed by atoms with Crippen LogP contribution < -0.4 is 14.9 Å². The van der Waals surface area contributed by atoms with E-state index in [0.717, 1.165) is 22.6 Å². The lowest BCUT2D eigenvalue weighted by Gasteiger charge is -2.10. The zero-order valence-electron chi connectivity index (χ0n) is 17.0. The van der Waals surface area contributed by atoms with Crippen LogP contribution in [0.3, 0.4) is 0 Å². The van der Waals surface area contributed by atoms with Gasteiger partial charge in [-0.1, -0.05) is 23.2 Å². The van der Waals surface area contributed by atoms with E-state index in [4.69, 9.17) is 32.7 Å². The van der Waals surface area contributed by atoms with Gasteiger partial charge in [-0.25, -0.2) is 5.43 Å². The molecule has 30 heavy (non-hydrogen) atoms. The summed E-state index contributed by atoms with van der Waals surface area (Å²) in [6.45, 7) is 3.95. The van der Waals surface area contributed by atoms with Crippen LogP contribution in [0, 0.1) is 13.8 Å². The van der Waals surface area contributed by atoms with Gasteiger partial charge in [0.25, 0.3) is 5.91 Å². The van der Waals surface area contributed by atoms with Crippen LogP contribution >= 0.6 is 23.2 Å². The molecule has 0 radical (unpaired) electrons. The highest BCUT2D eigenvalue weighted by atomic mass is 35.5. The molecule has 3 rings (SSSR count). The first-order valence-electron chi connectivity index (χ1n) is 9.05. The molecular weight excluding hydrogens is 425 g/mol. The predicted molar refractivity (Wildman–Crippen MR) is 120 cm³/mol. The first kappa shape index (κ1) is 21.7. The Morgan fingerprint density at radius 2 is 1.73 bits per heavy atom. The van der Waals surface area contributed by atoms with Gasteiger partial charge in [0.2, 0.25) is 0 Å². The van der Waals surface area contributed by atoms with Crippen molar-refractivity contribution in [1.29, 1.82) is 0 Å². The number of nitrogens with zero attached hydrogens (tertiary/aromatic N) is 2. The third kappa shape index (κ3) is 4.45. The average Bonchev–Trinajstić information content (AvgIpc) is 3.02. The van der Waals surface area contributed by atoms with Crippen LogP contribution in [-0.4, -0.2) is 30.9 Å². The number of hydrogen-bond acceptors (Lipinski definition) is 4. The van der Waals surface area contributed by atoms with Crippen LogP contribution in [0.15, 0.2) is 47.6 Å². The van der Waals surface area contributed by atoms with Crippen LogP contribution in [0.2, 0.25) is 10.0 Å². The van der Waals surface area contributed by atoms with E-state index in [2.05, 4.69) is 10.5 Å². The number of carbonyl (C=O) groups is 1. The quantitative estimate of drug-likeness (QED) is 0.419. The van der Waals surface area contributed by atoms with E-state index in [-0.39, 0.29) is 5.91 Å². The number of aromatic nitrogens is 1. The molecular formula is C22H21Cl2N3O3. The monoisotopic (exact) mass is 445 g/mol. The molecule has 0 saturated heterocycles. The largest absolute Gasteiger partial charge is 0.493 e. The van der Waals surface area contributed by atoms with Crippen molar-refractivity contribution in [2.45, 2.75) is 13.8 Å². The number of nitrogens with one attached hydrogen (secondary N) is 1. The Bertz CT molecular complexity index is 1120. The van der Waals surface area contributed by atoms with Gasteiger partial charge in [-0.2, -0.15) is 5.10 Å². The van der Waals surface area contributed by atoms with Gasteiger partial charge in [-0.15, -0.1) is 0 Å². The number of halogens is 2. The van der Waals surface area contributed by atoms with Gasteiger partial charge in [0.05, 0.1) is 30.5 Å². The Hall–Kier alpha value is -2.96. The van der Waals surface area contributed by atoms with Crippen molar-refractivity contribution < 1.29 is 14.3 Å². The third-order valence-electron chi connectivity index (χ3n) is 4.65. The summed E-state index contributed by atoms with van der Waals surface area (Å²) in [5.41, 5.74) is 6.66. The second-order valence-electron chi connectivity index (χ2n) is 6.53. The molecule has 0 aliphatic rings. The Labute approximate surface area is 185 Å². The van der Waals surface area contributed by atoms with Crippen molar-refractivity contribution in [3.8, 4) is 17.2 Å². The molecule has 0 bridgehead atoms. The number of hydrazone groups is 1. The fourth-order valence-electron chi connectivity index (χ4n) is 3.14. The normalized spacial score (nSPS) is 11.0. The average molecular weight is 446 g/mol. The second kappa shape index (κ2) is 9.24. The SMILES string of the molecule is COc1ccc(C(=O)N/N=C\c2cc(C)n(-c3ccc(Cl)c(Cl)c3)c2C)cc1OC. The molecule has 0 aliphatic heterocycles. The number of methoxy groups -OCH3 is 2. The zero-order valence-corrected chi connectivity index (χ0v) is 18.5. The number of carbonyl (C=O) groups excluding carboxylic acids is 1. The van der Waals surface area contributed by atoms with E-state index in [1.807, 2.05) is 36.6 Å². The number of benzene rings is 2. The molecule has 6 nitrogen and oxygen atoms in total. The zero-order chi connectivity index (χ0) is 21.8. The topological polar surface area (TPSA) is 64.8 Å². The third-order valence-corrected chi connectivity index (χ3v) is 5.39. The van der Waals surface area contributed by atoms with Crippen LogP contribution in [0.25, 0.3) is 5.69 Å². The van der Waals surface area contributed by atoms with Crippen molar-refractivity contribution in [3.05, 3.63) is 75.0 Å². The van der Waals surface area contributed by atoms with E-state index in [1.54, 1.807) is 30.5 Å². The maximum Gasteiger partial charge on any atom is 0.271 e. The van der Waals surface area contributed by atoms with Gasteiger partial charge in [0.1, 0.15) is 0 Å². The summed E-state index contributed by atoms with van der Waals surface area (Å²) in [5.74, 6) is 0.664. The van der Waals surface area contributed by atoms with Gasteiger partial charge in [-0.3, -0.25) is 4.79 Å². The number of amides is 1. The summed E-state index contributed by atoms with van der Waals surface area (Å²) in [6, 6.07) is 12.3. The summed E-state index contributed by atoms with van der Waals surface area (Å²) in [5, 5.41) is 5.09. The van der Waals surface area contributed by atoms with E-state index in [9.17, 15) is 4.79 Å². The molecule has 1 N–H and O–H groups in total. The van der Waals surface area contributed by atoms with Gasteiger partial charge in [0.15, 0.2) is 11.5 Å². The fraction of sp³-hybridized carbons (Fsp3) is 0.182. The summed E-state index contributed by atoms with van der Waals surface area (Å²) >= 11 is 12.2. The van der Waals surface area contributed by atoms with E-state index >= 15 is 0 Å². The molecule has 0 unspecified atom stereocenters. The lowest BCUT2D eigenvalue weighted by Crippen LogP contribution is -2.17. The Morgan fingerprint density at radius 1 is 1.00 bits per heavy atom. The molecule has 1 aromatic heterocycles. The molecule has 156 valence electrons. The molecule has 8 heteroatoms.